The minimum atomic E-state index is -0.696. The highest BCUT2D eigenvalue weighted by atomic mass is 16.4. The van der Waals surface area contributed by atoms with Crippen LogP contribution in [0.5, 0.6) is 0 Å². The first-order valence-electron chi connectivity index (χ1n) is 3.82. The number of allylic oxidation sites excluding steroid dienone is 1. The van der Waals surface area contributed by atoms with Crippen molar-refractivity contribution in [3.63, 3.8) is 0 Å². The van der Waals surface area contributed by atoms with Gasteiger partial charge in [0.2, 0.25) is 0 Å². The molecule has 11 heavy (non-hydrogen) atoms. The molecule has 1 heterocycles. The van der Waals surface area contributed by atoms with Gasteiger partial charge in [-0.3, -0.25) is 4.79 Å². The molecule has 0 aromatic heterocycles. The second-order valence-electron chi connectivity index (χ2n) is 2.79. The zero-order valence-electron chi connectivity index (χ0n) is 6.58. The van der Waals surface area contributed by atoms with Crippen molar-refractivity contribution in [3.8, 4) is 0 Å². The number of hydrogen-bond donors (Lipinski definition) is 2. The van der Waals surface area contributed by atoms with Crippen LogP contribution in [0.25, 0.3) is 0 Å². The van der Waals surface area contributed by atoms with E-state index in [0.29, 0.717) is 6.54 Å². The lowest BCUT2D eigenvalue weighted by Crippen LogP contribution is -2.20. The van der Waals surface area contributed by atoms with Gasteiger partial charge in [-0.25, -0.2) is 0 Å². The van der Waals surface area contributed by atoms with Gasteiger partial charge >= 0.3 is 5.97 Å². The van der Waals surface area contributed by atoms with Gasteiger partial charge in [-0.2, -0.15) is 0 Å². The Labute approximate surface area is 66.1 Å². The van der Waals surface area contributed by atoms with Crippen LogP contribution < -0.4 is 5.32 Å². The fourth-order valence-electron chi connectivity index (χ4n) is 1.42. The third-order valence-corrected chi connectivity index (χ3v) is 2.02. The topological polar surface area (TPSA) is 49.3 Å². The molecule has 0 aliphatic carbocycles. The second kappa shape index (κ2) is 3.53. The molecule has 1 saturated heterocycles. The summed E-state index contributed by atoms with van der Waals surface area (Å²) >= 11 is 0. The van der Waals surface area contributed by atoms with Crippen molar-refractivity contribution in [2.24, 2.45) is 11.8 Å². The van der Waals surface area contributed by atoms with Crippen molar-refractivity contribution in [3.05, 3.63) is 12.2 Å². The number of nitrogens with one attached hydrogen (secondary N) is 1. The highest BCUT2D eigenvalue weighted by Gasteiger charge is 2.30. The molecule has 3 nitrogen and oxygen atoms in total. The zero-order chi connectivity index (χ0) is 8.27. The summed E-state index contributed by atoms with van der Waals surface area (Å²) in [4.78, 5) is 10.6. The second-order valence-corrected chi connectivity index (χ2v) is 2.79. The lowest BCUT2D eigenvalue weighted by molar-refractivity contribution is -0.141. The van der Waals surface area contributed by atoms with Crippen molar-refractivity contribution in [1.29, 1.82) is 0 Å². The Kier molecular flexibility index (Phi) is 2.65. The van der Waals surface area contributed by atoms with Gasteiger partial charge in [-0.15, -0.1) is 0 Å². The van der Waals surface area contributed by atoms with Gasteiger partial charge in [0, 0.05) is 19.0 Å². The zero-order valence-corrected chi connectivity index (χ0v) is 6.58. The third-order valence-electron chi connectivity index (χ3n) is 2.02. The number of hydrogen-bond acceptors (Lipinski definition) is 2. The van der Waals surface area contributed by atoms with Crippen LogP contribution in [0, 0.1) is 11.8 Å². The van der Waals surface area contributed by atoms with Crippen LogP contribution in [0.15, 0.2) is 12.2 Å². The van der Waals surface area contributed by atoms with E-state index in [2.05, 4.69) is 5.32 Å². The van der Waals surface area contributed by atoms with E-state index >= 15 is 0 Å². The maximum absolute atomic E-state index is 10.6. The summed E-state index contributed by atoms with van der Waals surface area (Å²) in [6.45, 7) is 3.31. The van der Waals surface area contributed by atoms with Gasteiger partial charge < -0.3 is 10.4 Å². The lowest BCUT2D eigenvalue weighted by Gasteiger charge is -2.08. The van der Waals surface area contributed by atoms with Crippen LogP contribution >= 0.6 is 0 Å². The van der Waals surface area contributed by atoms with E-state index in [-0.39, 0.29) is 11.8 Å². The molecule has 62 valence electrons. The Morgan fingerprint density at radius 2 is 2.36 bits per heavy atom. The molecule has 1 aliphatic rings. The number of carboxylic acids is 1. The minimum absolute atomic E-state index is 0.178. The van der Waals surface area contributed by atoms with Gasteiger partial charge in [0.1, 0.15) is 0 Å². The third kappa shape index (κ3) is 1.80. The van der Waals surface area contributed by atoms with E-state index in [4.69, 9.17) is 5.11 Å². The predicted molar refractivity (Wildman–Crippen MR) is 42.3 cm³/mol. The molecule has 0 bridgehead atoms. The van der Waals surface area contributed by atoms with E-state index in [9.17, 15) is 4.79 Å². The molecule has 0 amide bonds. The first kappa shape index (κ1) is 8.27. The standard InChI is InChI=1S/C8H13NO2/c1-2-3-6-4-9-5-7(6)8(10)11/h2-3,6-7,9H,4-5H2,1H3,(H,10,11)/b3-2+/t6-,7-/m1/s1. The SMILES string of the molecule is C/C=C/[C@@H]1CNC[C@H]1C(=O)O. The van der Waals surface area contributed by atoms with Gasteiger partial charge in [-0.1, -0.05) is 12.2 Å². The summed E-state index contributed by atoms with van der Waals surface area (Å²) in [7, 11) is 0. The molecular formula is C8H13NO2. The first-order valence-corrected chi connectivity index (χ1v) is 3.82. The van der Waals surface area contributed by atoms with Gasteiger partial charge in [-0.05, 0) is 6.92 Å². The summed E-state index contributed by atoms with van der Waals surface area (Å²) in [5.41, 5.74) is 0. The number of aliphatic carboxylic acids is 1. The predicted octanol–water partition coefficient (Wildman–Crippen LogP) is 0.483. The average Bonchev–Trinajstić information content (AvgIpc) is 2.36. The Morgan fingerprint density at radius 1 is 1.64 bits per heavy atom. The van der Waals surface area contributed by atoms with Gasteiger partial charge in [0.05, 0.1) is 5.92 Å². The molecule has 1 aliphatic heterocycles. The molecule has 0 aromatic carbocycles. The van der Waals surface area contributed by atoms with Crippen LogP contribution in [-0.4, -0.2) is 24.2 Å². The van der Waals surface area contributed by atoms with Crippen LogP contribution in [0.2, 0.25) is 0 Å². The summed E-state index contributed by atoms with van der Waals surface area (Å²) < 4.78 is 0. The molecule has 0 saturated carbocycles. The van der Waals surface area contributed by atoms with E-state index in [1.54, 1.807) is 0 Å². The van der Waals surface area contributed by atoms with E-state index in [1.807, 2.05) is 19.1 Å². The quantitative estimate of drug-likeness (QED) is 0.570. The summed E-state index contributed by atoms with van der Waals surface area (Å²) in [6.07, 6.45) is 3.87. The Hall–Kier alpha value is -0.830. The molecular weight excluding hydrogens is 142 g/mol. The van der Waals surface area contributed by atoms with Crippen LogP contribution in [0.4, 0.5) is 0 Å². The Balaban J connectivity index is 2.57. The molecule has 0 radical (unpaired) electrons. The molecule has 0 unspecified atom stereocenters. The minimum Gasteiger partial charge on any atom is -0.481 e. The molecule has 2 atom stereocenters. The Morgan fingerprint density at radius 3 is 2.91 bits per heavy atom. The molecule has 2 N–H and O–H groups in total. The van der Waals surface area contributed by atoms with Gasteiger partial charge in [0.25, 0.3) is 0 Å². The van der Waals surface area contributed by atoms with E-state index in [0.717, 1.165) is 6.54 Å². The van der Waals surface area contributed by atoms with Crippen molar-refractivity contribution in [1.82, 2.24) is 5.32 Å². The van der Waals surface area contributed by atoms with Gasteiger partial charge in [0.15, 0.2) is 0 Å². The monoisotopic (exact) mass is 155 g/mol. The van der Waals surface area contributed by atoms with Crippen molar-refractivity contribution < 1.29 is 9.90 Å². The first-order chi connectivity index (χ1) is 5.25. The fourth-order valence-corrected chi connectivity index (χ4v) is 1.42. The molecule has 0 spiro atoms. The highest BCUT2D eigenvalue weighted by Crippen LogP contribution is 2.17. The molecule has 1 rings (SSSR count). The maximum atomic E-state index is 10.6. The molecule has 0 aromatic rings. The summed E-state index contributed by atoms with van der Waals surface area (Å²) in [6, 6.07) is 0. The van der Waals surface area contributed by atoms with Crippen molar-refractivity contribution in [2.45, 2.75) is 6.92 Å². The number of carbonyl (C=O) groups is 1. The smallest absolute Gasteiger partial charge is 0.308 e. The largest absolute Gasteiger partial charge is 0.481 e. The van der Waals surface area contributed by atoms with E-state index in [1.165, 1.54) is 0 Å². The Bertz CT molecular complexity index is 177. The number of carboxylic acid groups (broad SMARTS) is 1. The summed E-state index contributed by atoms with van der Waals surface area (Å²) in [5.74, 6) is -0.748. The van der Waals surface area contributed by atoms with Crippen LogP contribution in [0.3, 0.4) is 0 Å². The van der Waals surface area contributed by atoms with E-state index < -0.39 is 5.97 Å². The van der Waals surface area contributed by atoms with Crippen LogP contribution in [-0.2, 0) is 4.79 Å². The summed E-state index contributed by atoms with van der Waals surface area (Å²) in [5, 5.41) is 11.8. The molecule has 1 fully saturated rings. The van der Waals surface area contributed by atoms with Crippen molar-refractivity contribution >= 4 is 5.97 Å². The van der Waals surface area contributed by atoms with Crippen LogP contribution in [0.1, 0.15) is 6.92 Å². The van der Waals surface area contributed by atoms with Crippen molar-refractivity contribution in [2.75, 3.05) is 13.1 Å². The fraction of sp³-hybridized carbons (Fsp3) is 0.625. The average molecular weight is 155 g/mol. The lowest BCUT2D eigenvalue weighted by atomic mass is 9.96. The normalized spacial score (nSPS) is 31.4. The highest BCUT2D eigenvalue weighted by molar-refractivity contribution is 5.71. The molecule has 3 heteroatoms. The maximum Gasteiger partial charge on any atom is 0.308 e. The number of rotatable bonds is 2.